The van der Waals surface area contributed by atoms with Crippen molar-refractivity contribution >= 4 is 19.1 Å². The third kappa shape index (κ3) is 0.859. The van der Waals surface area contributed by atoms with Gasteiger partial charge in [0.2, 0.25) is 0 Å². The molecule has 0 unspecified atom stereocenters. The van der Waals surface area contributed by atoms with Gasteiger partial charge in [-0.2, -0.15) is 0 Å². The Bertz CT molecular complexity index is 371. The van der Waals surface area contributed by atoms with Crippen LogP contribution in [0.3, 0.4) is 0 Å². The zero-order valence-electron chi connectivity index (χ0n) is 6.34. The topological polar surface area (TPSA) is 20.2 Å². The van der Waals surface area contributed by atoms with Crippen LogP contribution in [0.5, 0.6) is 0 Å². The van der Waals surface area contributed by atoms with Crippen molar-refractivity contribution in [3.63, 3.8) is 0 Å². The van der Waals surface area contributed by atoms with Crippen LogP contribution in [0.4, 0.5) is 4.39 Å². The van der Waals surface area contributed by atoms with E-state index in [0.717, 1.165) is 0 Å². The average molecular weight is 160 g/mol. The van der Waals surface area contributed by atoms with Crippen molar-refractivity contribution in [2.75, 3.05) is 0 Å². The predicted octanol–water partition coefficient (Wildman–Crippen LogP) is 1.07. The molecule has 3 heteroatoms. The van der Waals surface area contributed by atoms with E-state index >= 15 is 0 Å². The molecule has 0 aliphatic heterocycles. The molecule has 1 nitrogen and oxygen atoms in total. The summed E-state index contributed by atoms with van der Waals surface area (Å²) in [5.74, 6) is -0.416. The lowest BCUT2D eigenvalue weighted by molar-refractivity contribution is 0.504. The third-order valence-corrected chi connectivity index (χ3v) is 2.05. The fourth-order valence-electron chi connectivity index (χ4n) is 1.43. The molecule has 0 aromatic heterocycles. The van der Waals surface area contributed by atoms with Crippen LogP contribution < -0.4 is 5.46 Å². The van der Waals surface area contributed by atoms with E-state index in [1.807, 2.05) is 0 Å². The Labute approximate surface area is 70.9 Å². The molecule has 0 saturated carbocycles. The molecule has 0 saturated heterocycles. The van der Waals surface area contributed by atoms with Crippen LogP contribution in [0.25, 0.3) is 5.76 Å². The minimum atomic E-state index is -0.412. The summed E-state index contributed by atoms with van der Waals surface area (Å²) in [6.45, 7) is 0. The SMILES string of the molecule is [B]c1ccc(F)c2c1CC=C2O. The van der Waals surface area contributed by atoms with E-state index in [-0.39, 0.29) is 11.3 Å². The first kappa shape index (κ1) is 7.41. The molecule has 0 fully saturated rings. The van der Waals surface area contributed by atoms with Crippen molar-refractivity contribution in [3.8, 4) is 0 Å². The molecule has 2 rings (SSSR count). The summed E-state index contributed by atoms with van der Waals surface area (Å²) in [5.41, 5.74) is 1.48. The molecule has 0 amide bonds. The van der Waals surface area contributed by atoms with E-state index in [4.69, 9.17) is 7.85 Å². The molecule has 1 N–H and O–H groups in total. The highest BCUT2D eigenvalue weighted by molar-refractivity contribution is 6.33. The summed E-state index contributed by atoms with van der Waals surface area (Å²) >= 11 is 0. The van der Waals surface area contributed by atoms with E-state index in [0.29, 0.717) is 17.4 Å². The quantitative estimate of drug-likeness (QED) is 0.562. The van der Waals surface area contributed by atoms with Crippen LogP contribution in [-0.2, 0) is 6.42 Å². The summed E-state index contributed by atoms with van der Waals surface area (Å²) < 4.78 is 13.1. The van der Waals surface area contributed by atoms with Gasteiger partial charge in [0.1, 0.15) is 19.4 Å². The average Bonchev–Trinajstić information content (AvgIpc) is 2.42. The first-order chi connectivity index (χ1) is 5.70. The summed E-state index contributed by atoms with van der Waals surface area (Å²) in [6, 6.07) is 2.78. The molecule has 12 heavy (non-hydrogen) atoms. The van der Waals surface area contributed by atoms with Gasteiger partial charge in [0.15, 0.2) is 0 Å². The Morgan fingerprint density at radius 1 is 1.42 bits per heavy atom. The molecular weight excluding hydrogens is 154 g/mol. The van der Waals surface area contributed by atoms with Gasteiger partial charge in [-0.15, -0.1) is 0 Å². The normalized spacial score (nSPS) is 14.2. The van der Waals surface area contributed by atoms with E-state index in [1.54, 1.807) is 6.08 Å². The van der Waals surface area contributed by atoms with Crippen LogP contribution >= 0.6 is 0 Å². The molecule has 58 valence electrons. The van der Waals surface area contributed by atoms with Gasteiger partial charge in [0.25, 0.3) is 0 Å². The van der Waals surface area contributed by atoms with Crippen molar-refractivity contribution in [2.45, 2.75) is 6.42 Å². The number of allylic oxidation sites excluding steroid dienone is 1. The van der Waals surface area contributed by atoms with Gasteiger partial charge in [-0.25, -0.2) is 4.39 Å². The lowest BCUT2D eigenvalue weighted by atomic mass is 9.88. The van der Waals surface area contributed by atoms with Crippen molar-refractivity contribution in [1.82, 2.24) is 0 Å². The molecule has 1 aliphatic rings. The molecule has 1 aromatic rings. The van der Waals surface area contributed by atoms with Crippen LogP contribution in [0.2, 0.25) is 0 Å². The number of rotatable bonds is 0. The van der Waals surface area contributed by atoms with Gasteiger partial charge in [-0.05, 0) is 24.1 Å². The van der Waals surface area contributed by atoms with Crippen LogP contribution in [0.1, 0.15) is 11.1 Å². The molecule has 2 radical (unpaired) electrons. The smallest absolute Gasteiger partial charge is 0.134 e. The Morgan fingerprint density at radius 3 is 2.83 bits per heavy atom. The lowest BCUT2D eigenvalue weighted by Crippen LogP contribution is -2.11. The monoisotopic (exact) mass is 160 g/mol. The Hall–Kier alpha value is -1.25. The summed E-state index contributed by atoms with van der Waals surface area (Å²) in [6.07, 6.45) is 2.08. The van der Waals surface area contributed by atoms with Gasteiger partial charge in [0, 0.05) is 0 Å². The maximum Gasteiger partial charge on any atom is 0.134 e. The van der Waals surface area contributed by atoms with E-state index in [1.165, 1.54) is 12.1 Å². The summed E-state index contributed by atoms with van der Waals surface area (Å²) in [4.78, 5) is 0. The van der Waals surface area contributed by atoms with Crippen molar-refractivity contribution < 1.29 is 9.50 Å². The summed E-state index contributed by atoms with van der Waals surface area (Å²) in [5, 5.41) is 9.25. The number of benzene rings is 1. The van der Waals surface area contributed by atoms with Crippen molar-refractivity contribution in [3.05, 3.63) is 35.2 Å². The molecule has 0 heterocycles. The number of halogens is 1. The zero-order valence-corrected chi connectivity index (χ0v) is 6.34. The van der Waals surface area contributed by atoms with Crippen molar-refractivity contribution in [1.29, 1.82) is 0 Å². The molecule has 0 bridgehead atoms. The minimum Gasteiger partial charge on any atom is -0.508 e. The standard InChI is InChI=1S/C9H6BFO/c10-6-2-3-7(11)9-5(6)1-4-8(9)12/h2-4,12H,1H2. The number of hydrogen-bond donors (Lipinski definition) is 1. The molecule has 0 spiro atoms. The third-order valence-electron chi connectivity index (χ3n) is 2.05. The maximum absolute atomic E-state index is 13.1. The number of fused-ring (bicyclic) bond motifs is 1. The number of aliphatic hydroxyl groups is 1. The fourth-order valence-corrected chi connectivity index (χ4v) is 1.43. The first-order valence-electron chi connectivity index (χ1n) is 3.66. The van der Waals surface area contributed by atoms with Crippen LogP contribution in [0.15, 0.2) is 18.2 Å². The molecule has 0 atom stereocenters. The van der Waals surface area contributed by atoms with E-state index < -0.39 is 5.82 Å². The highest BCUT2D eigenvalue weighted by Gasteiger charge is 2.18. The highest BCUT2D eigenvalue weighted by Crippen LogP contribution is 2.25. The largest absolute Gasteiger partial charge is 0.508 e. The Morgan fingerprint density at radius 2 is 2.17 bits per heavy atom. The predicted molar refractivity (Wildman–Crippen MR) is 46.1 cm³/mol. The van der Waals surface area contributed by atoms with Gasteiger partial charge in [-0.1, -0.05) is 11.5 Å². The number of aliphatic hydroxyl groups excluding tert-OH is 1. The molecule has 1 aromatic carbocycles. The van der Waals surface area contributed by atoms with Gasteiger partial charge >= 0.3 is 0 Å². The molecular formula is C9H6BFO. The Kier molecular flexibility index (Phi) is 1.46. The highest BCUT2D eigenvalue weighted by atomic mass is 19.1. The second-order valence-electron chi connectivity index (χ2n) is 2.78. The minimum absolute atomic E-state index is 0.00481. The zero-order chi connectivity index (χ0) is 8.72. The Balaban J connectivity index is 2.71. The second kappa shape index (κ2) is 2.37. The lowest BCUT2D eigenvalue weighted by Gasteiger charge is -2.05. The van der Waals surface area contributed by atoms with E-state index in [2.05, 4.69) is 0 Å². The molecule has 1 aliphatic carbocycles. The maximum atomic E-state index is 13.1. The number of hydrogen-bond acceptors (Lipinski definition) is 1. The van der Waals surface area contributed by atoms with Gasteiger partial charge in [-0.3, -0.25) is 0 Å². The fraction of sp³-hybridized carbons (Fsp3) is 0.111. The van der Waals surface area contributed by atoms with E-state index in [9.17, 15) is 9.50 Å². The first-order valence-corrected chi connectivity index (χ1v) is 3.66. The van der Waals surface area contributed by atoms with Gasteiger partial charge in [0.05, 0.1) is 5.56 Å². The van der Waals surface area contributed by atoms with Crippen molar-refractivity contribution in [2.24, 2.45) is 0 Å². The van der Waals surface area contributed by atoms with Crippen LogP contribution in [-0.4, -0.2) is 13.0 Å². The van der Waals surface area contributed by atoms with Gasteiger partial charge < -0.3 is 5.11 Å². The van der Waals surface area contributed by atoms with Crippen LogP contribution in [0, 0.1) is 5.82 Å². The summed E-state index contributed by atoms with van der Waals surface area (Å²) in [7, 11) is 5.59. The second-order valence-corrected chi connectivity index (χ2v) is 2.78.